The lowest BCUT2D eigenvalue weighted by Crippen LogP contribution is -2.27. The Balaban J connectivity index is 1.53. The van der Waals surface area contributed by atoms with E-state index in [4.69, 9.17) is 9.47 Å². The molecule has 0 aliphatic carbocycles. The van der Waals surface area contributed by atoms with Crippen molar-refractivity contribution in [2.24, 2.45) is 0 Å². The molecule has 3 aromatic rings. The maximum absolute atomic E-state index is 12.5. The minimum absolute atomic E-state index is 0.0167. The molecule has 2 amide bonds. The highest BCUT2D eigenvalue weighted by Gasteiger charge is 2.36. The van der Waals surface area contributed by atoms with E-state index in [0.717, 1.165) is 65.9 Å². The van der Waals surface area contributed by atoms with Crippen molar-refractivity contribution in [3.05, 3.63) is 53.2 Å². The van der Waals surface area contributed by atoms with E-state index in [-0.39, 0.29) is 23.8 Å². The highest BCUT2D eigenvalue weighted by Crippen LogP contribution is 2.48. The number of aromatic nitrogens is 1. The maximum atomic E-state index is 12.5. The van der Waals surface area contributed by atoms with Gasteiger partial charge in [-0.25, -0.2) is 0 Å². The minimum Gasteiger partial charge on any atom is -0.497 e. The van der Waals surface area contributed by atoms with Crippen LogP contribution < -0.4 is 25.4 Å². The summed E-state index contributed by atoms with van der Waals surface area (Å²) in [5.74, 6) is 1.92. The van der Waals surface area contributed by atoms with Crippen LogP contribution in [0.25, 0.3) is 10.9 Å². The predicted molar refractivity (Wildman–Crippen MR) is 149 cm³/mol. The summed E-state index contributed by atoms with van der Waals surface area (Å²) in [6.07, 6.45) is 6.15. The van der Waals surface area contributed by atoms with Gasteiger partial charge in [0.1, 0.15) is 11.5 Å². The summed E-state index contributed by atoms with van der Waals surface area (Å²) < 4.78 is 11.1. The molecule has 38 heavy (non-hydrogen) atoms. The second-order valence-corrected chi connectivity index (χ2v) is 10.3. The molecule has 0 unspecified atom stereocenters. The lowest BCUT2D eigenvalue weighted by atomic mass is 9.88. The average molecular weight is 519 g/mol. The van der Waals surface area contributed by atoms with Gasteiger partial charge in [0, 0.05) is 54.1 Å². The van der Waals surface area contributed by atoms with Gasteiger partial charge in [-0.15, -0.1) is 0 Å². The van der Waals surface area contributed by atoms with Crippen LogP contribution in [0.1, 0.15) is 73.7 Å². The molecule has 0 radical (unpaired) electrons. The molecular weight excluding hydrogens is 480 g/mol. The zero-order chi connectivity index (χ0) is 26.5. The second-order valence-electron chi connectivity index (χ2n) is 10.3. The quantitative estimate of drug-likeness (QED) is 0.384. The third-order valence-electron chi connectivity index (χ3n) is 7.86. The zero-order valence-electron chi connectivity index (χ0n) is 22.3. The number of carbonyl (C=O) groups is 2. The summed E-state index contributed by atoms with van der Waals surface area (Å²) in [5, 5.41) is 11.1. The fraction of sp³-hybridized carbons (Fsp3) is 0.467. The lowest BCUT2D eigenvalue weighted by molar-refractivity contribution is -0.122. The Morgan fingerprint density at radius 1 is 0.789 bits per heavy atom. The summed E-state index contributed by atoms with van der Waals surface area (Å²) in [7, 11) is 3.36. The van der Waals surface area contributed by atoms with E-state index in [1.807, 2.05) is 12.1 Å². The van der Waals surface area contributed by atoms with Crippen molar-refractivity contribution in [2.75, 3.05) is 32.6 Å². The summed E-state index contributed by atoms with van der Waals surface area (Å²) in [6, 6.07) is 12.2. The standard InChI is InChI=1S/C30H38N4O4/c1-37-19-9-11-25-23(17-19)21-13-15-31-27(35)7-5-3-4-6-8-28(36)32-16-14-22-24-18-20(38-2)10-12-26(24)34-30(22)29(21)33-25/h9-12,17-18,21,29,33-34H,3-8,13-16H2,1-2H3,(H,31,35)(H,32,36)/t21-,29-/m1/s1. The molecule has 4 N–H and O–H groups in total. The van der Waals surface area contributed by atoms with Crippen molar-refractivity contribution in [3.8, 4) is 11.5 Å². The number of anilines is 1. The number of nitrogens with one attached hydrogen (secondary N) is 4. The van der Waals surface area contributed by atoms with Crippen LogP contribution in [0.2, 0.25) is 0 Å². The van der Waals surface area contributed by atoms with E-state index in [0.29, 0.717) is 32.4 Å². The lowest BCUT2D eigenvalue weighted by Gasteiger charge is -2.22. The van der Waals surface area contributed by atoms with Crippen molar-refractivity contribution in [2.45, 2.75) is 63.3 Å². The summed E-state index contributed by atoms with van der Waals surface area (Å²) >= 11 is 0. The molecule has 8 nitrogen and oxygen atoms in total. The number of fused-ring (bicyclic) bond motifs is 7. The molecule has 2 aromatic carbocycles. The Bertz CT molecular complexity index is 1300. The van der Waals surface area contributed by atoms with Crippen molar-refractivity contribution < 1.29 is 19.1 Å². The molecule has 0 fully saturated rings. The van der Waals surface area contributed by atoms with Gasteiger partial charge < -0.3 is 30.4 Å². The number of hydrogen-bond donors (Lipinski definition) is 4. The first-order valence-electron chi connectivity index (χ1n) is 13.7. The first-order chi connectivity index (χ1) is 18.6. The van der Waals surface area contributed by atoms with Gasteiger partial charge in [0.05, 0.1) is 20.3 Å². The molecule has 0 saturated carbocycles. The van der Waals surface area contributed by atoms with Crippen molar-refractivity contribution in [1.29, 1.82) is 0 Å². The van der Waals surface area contributed by atoms with Crippen molar-refractivity contribution >= 4 is 28.4 Å². The molecule has 2 aliphatic heterocycles. The zero-order valence-corrected chi connectivity index (χ0v) is 22.3. The van der Waals surface area contributed by atoms with Crippen LogP contribution >= 0.6 is 0 Å². The number of benzene rings is 2. The molecule has 0 bridgehead atoms. The van der Waals surface area contributed by atoms with E-state index in [1.54, 1.807) is 14.2 Å². The Morgan fingerprint density at radius 3 is 2.21 bits per heavy atom. The van der Waals surface area contributed by atoms with Gasteiger partial charge in [0.25, 0.3) is 0 Å². The third-order valence-corrected chi connectivity index (χ3v) is 7.86. The Kier molecular flexibility index (Phi) is 8.05. The molecule has 3 heterocycles. The van der Waals surface area contributed by atoms with Gasteiger partial charge in [-0.2, -0.15) is 0 Å². The molecule has 202 valence electrons. The molecule has 5 rings (SSSR count). The molecule has 2 aliphatic rings. The summed E-state index contributed by atoms with van der Waals surface area (Å²) in [5.41, 5.74) is 5.58. The number of ether oxygens (including phenoxy) is 2. The van der Waals surface area contributed by atoms with Crippen molar-refractivity contribution in [1.82, 2.24) is 15.6 Å². The molecular formula is C30H38N4O4. The SMILES string of the molecule is COc1ccc2c(c1)[C@H]1CCNC(=O)CCCCCCC(=O)NCCc3c([nH]c4ccc(OC)cc34)[C@@H]1N2. The number of carbonyl (C=O) groups excluding carboxylic acids is 2. The normalized spacial score (nSPS) is 21.1. The van der Waals surface area contributed by atoms with E-state index in [9.17, 15) is 9.59 Å². The van der Waals surface area contributed by atoms with E-state index in [2.05, 4.69) is 45.2 Å². The first kappa shape index (κ1) is 25.9. The first-order valence-corrected chi connectivity index (χ1v) is 13.7. The summed E-state index contributed by atoms with van der Waals surface area (Å²) in [6.45, 7) is 1.18. The smallest absolute Gasteiger partial charge is 0.220 e. The molecule has 1 aromatic heterocycles. The van der Waals surface area contributed by atoms with Crippen LogP contribution in [0.5, 0.6) is 11.5 Å². The number of hydrogen-bond acceptors (Lipinski definition) is 5. The van der Waals surface area contributed by atoms with Crippen molar-refractivity contribution in [3.63, 3.8) is 0 Å². The Hall–Kier alpha value is -3.68. The van der Waals surface area contributed by atoms with Crippen LogP contribution in [0.3, 0.4) is 0 Å². The van der Waals surface area contributed by atoms with Gasteiger partial charge in [0.15, 0.2) is 0 Å². The third kappa shape index (κ3) is 5.59. The topological polar surface area (TPSA) is 104 Å². The molecule has 0 spiro atoms. The number of methoxy groups -OCH3 is 2. The van der Waals surface area contributed by atoms with Crippen LogP contribution in [0.15, 0.2) is 36.4 Å². The fourth-order valence-electron chi connectivity index (χ4n) is 5.85. The van der Waals surface area contributed by atoms with Gasteiger partial charge in [-0.05, 0) is 73.2 Å². The fourth-order valence-corrected chi connectivity index (χ4v) is 5.85. The number of H-pyrrole nitrogens is 1. The predicted octanol–water partition coefficient (Wildman–Crippen LogP) is 4.95. The number of amides is 2. The average Bonchev–Trinajstić information content (AvgIpc) is 3.47. The molecule has 0 saturated heterocycles. The van der Waals surface area contributed by atoms with Crippen LogP contribution in [0, 0.1) is 0 Å². The second kappa shape index (κ2) is 11.8. The highest BCUT2D eigenvalue weighted by molar-refractivity contribution is 5.87. The van der Waals surface area contributed by atoms with E-state index < -0.39 is 0 Å². The van der Waals surface area contributed by atoms with Gasteiger partial charge in [0.2, 0.25) is 11.8 Å². The number of aromatic amines is 1. The van der Waals surface area contributed by atoms with Crippen LogP contribution in [0.4, 0.5) is 5.69 Å². The largest absolute Gasteiger partial charge is 0.497 e. The number of rotatable bonds is 2. The van der Waals surface area contributed by atoms with Gasteiger partial charge in [-0.1, -0.05) is 12.8 Å². The monoisotopic (exact) mass is 518 g/mol. The molecule has 8 heteroatoms. The maximum Gasteiger partial charge on any atom is 0.220 e. The van der Waals surface area contributed by atoms with E-state index in [1.165, 1.54) is 11.1 Å². The Labute approximate surface area is 223 Å². The van der Waals surface area contributed by atoms with Gasteiger partial charge >= 0.3 is 0 Å². The van der Waals surface area contributed by atoms with E-state index >= 15 is 0 Å². The molecule has 2 atom stereocenters. The highest BCUT2D eigenvalue weighted by atomic mass is 16.5. The van der Waals surface area contributed by atoms with Crippen LogP contribution in [-0.4, -0.2) is 44.1 Å². The summed E-state index contributed by atoms with van der Waals surface area (Å²) in [4.78, 5) is 28.7. The minimum atomic E-state index is -0.0167. The van der Waals surface area contributed by atoms with Gasteiger partial charge in [-0.3, -0.25) is 9.59 Å². The van der Waals surface area contributed by atoms with Crippen LogP contribution in [-0.2, 0) is 16.0 Å². The Morgan fingerprint density at radius 2 is 1.47 bits per heavy atom.